The molecular weight excluding hydrogens is 564 g/mol. The van der Waals surface area contributed by atoms with Crippen LogP contribution in [0.4, 0.5) is 22.6 Å². The number of thiazole rings is 1. The van der Waals surface area contributed by atoms with Gasteiger partial charge < -0.3 is 20.1 Å². The molecule has 4 aromatic rings. The van der Waals surface area contributed by atoms with E-state index in [9.17, 15) is 14.7 Å². The molecule has 41 heavy (non-hydrogen) atoms. The lowest BCUT2D eigenvalue weighted by molar-refractivity contribution is 0.0531. The molecule has 0 spiro atoms. The van der Waals surface area contributed by atoms with Crippen molar-refractivity contribution < 1.29 is 19.4 Å². The minimum absolute atomic E-state index is 0.243. The number of piperidine rings is 1. The lowest BCUT2D eigenvalue weighted by Gasteiger charge is -2.30. The van der Waals surface area contributed by atoms with Gasteiger partial charge in [0.15, 0.2) is 5.13 Å². The van der Waals surface area contributed by atoms with Gasteiger partial charge in [-0.05, 0) is 63.1 Å². The molecule has 0 bridgehead atoms. The number of aromatic nitrogens is 3. The third-order valence-corrected chi connectivity index (χ3v) is 7.83. The van der Waals surface area contributed by atoms with Gasteiger partial charge in [0.25, 0.3) is 5.91 Å². The number of nitrogens with zero attached hydrogens (tertiary/aromatic N) is 4. The number of hydrogen-bond acceptors (Lipinski definition) is 10. The van der Waals surface area contributed by atoms with E-state index in [0.29, 0.717) is 75.4 Å². The van der Waals surface area contributed by atoms with E-state index in [1.165, 1.54) is 11.3 Å². The smallest absolute Gasteiger partial charge is 0.350 e. The second-order valence-corrected chi connectivity index (χ2v) is 10.9. The maximum absolute atomic E-state index is 12.8. The predicted molar refractivity (Wildman–Crippen MR) is 160 cm³/mol. The van der Waals surface area contributed by atoms with Crippen LogP contribution >= 0.6 is 22.9 Å². The van der Waals surface area contributed by atoms with Crippen LogP contribution in [0.3, 0.4) is 0 Å². The largest absolute Gasteiger partial charge is 0.462 e. The summed E-state index contributed by atoms with van der Waals surface area (Å²) >= 11 is 7.11. The van der Waals surface area contributed by atoms with Crippen LogP contribution in [0.5, 0.6) is 0 Å². The molecule has 2 aromatic carbocycles. The fraction of sp³-hybridized carbons (Fsp3) is 0.276. The van der Waals surface area contributed by atoms with Crippen molar-refractivity contribution in [1.29, 1.82) is 0 Å². The van der Waals surface area contributed by atoms with Crippen molar-refractivity contribution in [3.05, 3.63) is 75.8 Å². The molecule has 12 heteroatoms. The third-order valence-electron chi connectivity index (χ3n) is 6.52. The van der Waals surface area contributed by atoms with E-state index in [1.807, 2.05) is 18.2 Å². The van der Waals surface area contributed by atoms with Gasteiger partial charge in [-0.15, -0.1) is 0 Å². The molecule has 10 nitrogen and oxygen atoms in total. The first kappa shape index (κ1) is 28.5. The number of esters is 1. The molecule has 0 unspecified atom stereocenters. The molecule has 1 amide bonds. The van der Waals surface area contributed by atoms with Crippen LogP contribution in [0.15, 0.2) is 54.6 Å². The van der Waals surface area contributed by atoms with E-state index in [1.54, 1.807) is 50.2 Å². The Morgan fingerprint density at radius 3 is 2.46 bits per heavy atom. The molecule has 212 valence electrons. The zero-order valence-corrected chi connectivity index (χ0v) is 24.1. The van der Waals surface area contributed by atoms with Gasteiger partial charge in [-0.1, -0.05) is 35.1 Å². The minimum Gasteiger partial charge on any atom is -0.462 e. The van der Waals surface area contributed by atoms with Gasteiger partial charge in [-0.2, -0.15) is 4.98 Å². The van der Waals surface area contributed by atoms with Crippen molar-refractivity contribution in [3.8, 4) is 11.3 Å². The van der Waals surface area contributed by atoms with E-state index in [4.69, 9.17) is 26.3 Å². The van der Waals surface area contributed by atoms with E-state index in [2.05, 4.69) is 20.5 Å². The molecule has 3 N–H and O–H groups in total. The van der Waals surface area contributed by atoms with Gasteiger partial charge in [-0.3, -0.25) is 10.1 Å². The molecule has 0 saturated carbocycles. The number of amides is 1. The highest BCUT2D eigenvalue weighted by atomic mass is 35.5. The average molecular weight is 593 g/mol. The number of aliphatic hydroxyl groups is 1. The number of halogens is 1. The maximum atomic E-state index is 12.8. The lowest BCUT2D eigenvalue weighted by Crippen LogP contribution is -2.36. The molecule has 2 aromatic heterocycles. The number of aliphatic hydroxyl groups excluding tert-OH is 1. The molecule has 3 heterocycles. The molecule has 0 atom stereocenters. The topological polar surface area (TPSA) is 130 Å². The van der Waals surface area contributed by atoms with Crippen molar-refractivity contribution in [3.63, 3.8) is 0 Å². The standard InChI is InChI=1S/C29H29ClN6O4S/c1-3-40-27(39)25-17(2)31-29(41-25)35-28-33-23(16-24(34-28)36-14-12-22(37)13-15-36)18-4-6-19(7-5-18)26(38)32-21-10-8-20(30)9-11-21/h4-11,16,22,37H,3,12-15H2,1-2H3,(H,32,38)(H,31,33,34,35). The molecule has 1 aliphatic heterocycles. The Morgan fingerprint density at radius 1 is 1.07 bits per heavy atom. The highest BCUT2D eigenvalue weighted by Crippen LogP contribution is 2.30. The van der Waals surface area contributed by atoms with Crippen LogP contribution in [-0.2, 0) is 4.74 Å². The number of aryl methyl sites for hydroxylation is 1. The van der Waals surface area contributed by atoms with Gasteiger partial charge in [-0.25, -0.2) is 14.8 Å². The number of nitrogens with one attached hydrogen (secondary N) is 2. The van der Waals surface area contributed by atoms with Crippen molar-refractivity contribution in [2.24, 2.45) is 0 Å². The maximum Gasteiger partial charge on any atom is 0.350 e. The third kappa shape index (κ3) is 6.99. The first-order valence-corrected chi connectivity index (χ1v) is 14.4. The van der Waals surface area contributed by atoms with Gasteiger partial charge in [0.2, 0.25) is 5.95 Å². The van der Waals surface area contributed by atoms with E-state index >= 15 is 0 Å². The van der Waals surface area contributed by atoms with E-state index in [0.717, 1.165) is 5.56 Å². The first-order valence-electron chi connectivity index (χ1n) is 13.2. The van der Waals surface area contributed by atoms with Crippen molar-refractivity contribution in [1.82, 2.24) is 15.0 Å². The van der Waals surface area contributed by atoms with Gasteiger partial charge >= 0.3 is 5.97 Å². The highest BCUT2D eigenvalue weighted by molar-refractivity contribution is 7.17. The number of carbonyl (C=O) groups excluding carboxylic acids is 2. The van der Waals surface area contributed by atoms with Crippen LogP contribution in [0, 0.1) is 6.92 Å². The minimum atomic E-state index is -0.419. The summed E-state index contributed by atoms with van der Waals surface area (Å²) in [7, 11) is 0. The Kier molecular flexibility index (Phi) is 8.77. The van der Waals surface area contributed by atoms with Crippen molar-refractivity contribution >= 4 is 57.4 Å². The Bertz CT molecular complexity index is 1540. The average Bonchev–Trinajstić information content (AvgIpc) is 3.34. The molecule has 5 rings (SSSR count). The summed E-state index contributed by atoms with van der Waals surface area (Å²) in [4.78, 5) is 41.5. The van der Waals surface area contributed by atoms with Crippen molar-refractivity contribution in [2.75, 3.05) is 35.2 Å². The number of anilines is 4. The van der Waals surface area contributed by atoms with E-state index in [-0.39, 0.29) is 18.6 Å². The summed E-state index contributed by atoms with van der Waals surface area (Å²) in [6.07, 6.45) is 0.971. The fourth-order valence-electron chi connectivity index (χ4n) is 4.36. The van der Waals surface area contributed by atoms with Crippen molar-refractivity contribution in [2.45, 2.75) is 32.8 Å². The summed E-state index contributed by atoms with van der Waals surface area (Å²) < 4.78 is 5.13. The summed E-state index contributed by atoms with van der Waals surface area (Å²) in [5.41, 5.74) is 3.14. The number of hydrogen-bond donors (Lipinski definition) is 3. The Hall–Kier alpha value is -4.06. The number of ether oxygens (including phenoxy) is 1. The van der Waals surface area contributed by atoms with Crippen LogP contribution in [0.25, 0.3) is 11.3 Å². The predicted octanol–water partition coefficient (Wildman–Crippen LogP) is 5.70. The van der Waals surface area contributed by atoms with Crippen LogP contribution in [0.1, 0.15) is 45.5 Å². The summed E-state index contributed by atoms with van der Waals surface area (Å²) in [5.74, 6) is 0.358. The quantitative estimate of drug-likeness (QED) is 0.221. The van der Waals surface area contributed by atoms with E-state index < -0.39 is 5.97 Å². The molecule has 1 saturated heterocycles. The normalized spacial score (nSPS) is 13.6. The summed E-state index contributed by atoms with van der Waals surface area (Å²) in [6.45, 7) is 5.10. The van der Waals surface area contributed by atoms with Crippen LogP contribution in [-0.4, -0.2) is 57.7 Å². The lowest BCUT2D eigenvalue weighted by atomic mass is 10.1. The molecule has 0 radical (unpaired) electrons. The zero-order valence-electron chi connectivity index (χ0n) is 22.6. The second kappa shape index (κ2) is 12.6. The Morgan fingerprint density at radius 2 is 1.78 bits per heavy atom. The first-order chi connectivity index (χ1) is 19.8. The molecular formula is C29H29ClN6O4S. The Labute approximate surface area is 246 Å². The number of carbonyl (C=O) groups is 2. The second-order valence-electron chi connectivity index (χ2n) is 9.47. The fourth-order valence-corrected chi connectivity index (χ4v) is 5.34. The monoisotopic (exact) mass is 592 g/mol. The summed E-state index contributed by atoms with van der Waals surface area (Å²) in [5, 5.41) is 17.1. The highest BCUT2D eigenvalue weighted by Gasteiger charge is 2.21. The van der Waals surface area contributed by atoms with Gasteiger partial charge in [0, 0.05) is 41.0 Å². The molecule has 1 aliphatic rings. The molecule has 0 aliphatic carbocycles. The zero-order chi connectivity index (χ0) is 28.9. The number of benzene rings is 2. The Balaban J connectivity index is 1.41. The van der Waals surface area contributed by atoms with Crippen LogP contribution < -0.4 is 15.5 Å². The summed E-state index contributed by atoms with van der Waals surface area (Å²) in [6, 6.07) is 15.9. The SMILES string of the molecule is CCOC(=O)c1sc(Nc2nc(-c3ccc(C(=O)Nc4ccc(Cl)cc4)cc3)cc(N3CCC(O)CC3)n2)nc1C. The van der Waals surface area contributed by atoms with Gasteiger partial charge in [0.1, 0.15) is 10.7 Å². The number of rotatable bonds is 8. The molecule has 1 fully saturated rings. The van der Waals surface area contributed by atoms with Gasteiger partial charge in [0.05, 0.1) is 24.1 Å². The van der Waals surface area contributed by atoms with Crippen LogP contribution in [0.2, 0.25) is 5.02 Å².